The molecule has 1 unspecified atom stereocenters. The molecule has 0 N–H and O–H groups in total. The van der Waals surface area contributed by atoms with Crippen molar-refractivity contribution in [3.05, 3.63) is 65.5 Å². The molecule has 0 bridgehead atoms. The summed E-state index contributed by atoms with van der Waals surface area (Å²) in [7, 11) is 0. The molecule has 2 aromatic rings. The maximum Gasteiger partial charge on any atom is 0.295 e. The summed E-state index contributed by atoms with van der Waals surface area (Å²) in [5.41, 5.74) is 3.03. The molecule has 0 aliphatic carbocycles. The van der Waals surface area contributed by atoms with Gasteiger partial charge in [0.15, 0.2) is 0 Å². The molecule has 1 atom stereocenters. The second-order valence-electron chi connectivity index (χ2n) is 5.48. The smallest absolute Gasteiger partial charge is 0.295 e. The van der Waals surface area contributed by atoms with Gasteiger partial charge in [0.05, 0.1) is 0 Å². The Kier molecular flexibility index (Phi) is 4.66. The summed E-state index contributed by atoms with van der Waals surface area (Å²) in [6.07, 6.45) is 4.61. The summed E-state index contributed by atoms with van der Waals surface area (Å²) in [5.74, 6) is -0.0183. The van der Waals surface area contributed by atoms with Gasteiger partial charge in [0.25, 0.3) is 6.47 Å². The van der Waals surface area contributed by atoms with E-state index in [1.807, 2.05) is 36.4 Å². The van der Waals surface area contributed by atoms with E-state index in [2.05, 4.69) is 4.98 Å². The molecule has 5 nitrogen and oxygen atoms in total. The fraction of sp³-hybridized carbons (Fsp3) is 0.278. The second kappa shape index (κ2) is 7.05. The minimum atomic E-state index is -0.626. The third-order valence-corrected chi connectivity index (χ3v) is 4.08. The monoisotopic (exact) mass is 310 g/mol. The molecule has 0 spiro atoms. The first-order valence-corrected chi connectivity index (χ1v) is 7.65. The summed E-state index contributed by atoms with van der Waals surface area (Å²) in [6, 6.07) is 11.6. The van der Waals surface area contributed by atoms with Crippen LogP contribution in [-0.2, 0) is 27.2 Å². The number of aryl methyl sites for hydroxylation is 1. The first-order chi connectivity index (χ1) is 11.3. The largest absolute Gasteiger partial charge is 0.439 e. The third kappa shape index (κ3) is 3.39. The number of aromatic nitrogens is 1. The SMILES string of the molecule is O=COC1c2ccccc2CCN1C(=O)CCc1cccnc1. The van der Waals surface area contributed by atoms with Gasteiger partial charge in [-0.05, 0) is 30.0 Å². The molecule has 1 aromatic carbocycles. The fourth-order valence-corrected chi connectivity index (χ4v) is 2.92. The number of benzene rings is 1. The summed E-state index contributed by atoms with van der Waals surface area (Å²) in [4.78, 5) is 29.1. The number of pyridine rings is 1. The van der Waals surface area contributed by atoms with Gasteiger partial charge >= 0.3 is 0 Å². The van der Waals surface area contributed by atoms with E-state index < -0.39 is 6.23 Å². The van der Waals surface area contributed by atoms with Gasteiger partial charge in [-0.1, -0.05) is 30.3 Å². The van der Waals surface area contributed by atoms with Crippen LogP contribution >= 0.6 is 0 Å². The lowest BCUT2D eigenvalue weighted by Crippen LogP contribution is -2.41. The van der Waals surface area contributed by atoms with E-state index in [9.17, 15) is 9.59 Å². The molecule has 1 aliphatic rings. The highest BCUT2D eigenvalue weighted by atomic mass is 16.5. The van der Waals surface area contributed by atoms with Crippen molar-refractivity contribution >= 4 is 12.4 Å². The van der Waals surface area contributed by atoms with Crippen LogP contribution in [0.25, 0.3) is 0 Å². The highest BCUT2D eigenvalue weighted by Crippen LogP contribution is 2.30. The molecule has 1 aliphatic heterocycles. The number of hydrogen-bond donors (Lipinski definition) is 0. The van der Waals surface area contributed by atoms with Crippen molar-refractivity contribution in [1.29, 1.82) is 0 Å². The molecule has 0 fully saturated rings. The summed E-state index contributed by atoms with van der Waals surface area (Å²) < 4.78 is 5.21. The zero-order valence-corrected chi connectivity index (χ0v) is 12.7. The lowest BCUT2D eigenvalue weighted by molar-refractivity contribution is -0.156. The normalized spacial score (nSPS) is 16.5. The Bertz CT molecular complexity index is 688. The zero-order valence-electron chi connectivity index (χ0n) is 12.7. The van der Waals surface area contributed by atoms with Crippen molar-refractivity contribution in [3.63, 3.8) is 0 Å². The van der Waals surface area contributed by atoms with Crippen LogP contribution in [0.15, 0.2) is 48.8 Å². The molecule has 0 saturated carbocycles. The van der Waals surface area contributed by atoms with Crippen LogP contribution in [0, 0.1) is 0 Å². The van der Waals surface area contributed by atoms with E-state index in [4.69, 9.17) is 4.74 Å². The molecule has 1 aromatic heterocycles. The van der Waals surface area contributed by atoms with Crippen LogP contribution < -0.4 is 0 Å². The highest BCUT2D eigenvalue weighted by molar-refractivity contribution is 5.77. The van der Waals surface area contributed by atoms with Crippen molar-refractivity contribution in [2.45, 2.75) is 25.5 Å². The Morgan fingerprint density at radius 2 is 2.17 bits per heavy atom. The van der Waals surface area contributed by atoms with Crippen molar-refractivity contribution in [1.82, 2.24) is 9.88 Å². The molecule has 3 rings (SSSR count). The van der Waals surface area contributed by atoms with Gasteiger partial charge in [-0.3, -0.25) is 14.6 Å². The predicted molar refractivity (Wildman–Crippen MR) is 84.3 cm³/mol. The third-order valence-electron chi connectivity index (χ3n) is 4.08. The predicted octanol–water partition coefficient (Wildman–Crippen LogP) is 2.27. The number of nitrogens with zero attached hydrogens (tertiary/aromatic N) is 2. The van der Waals surface area contributed by atoms with Gasteiger partial charge in [-0.25, -0.2) is 0 Å². The Hall–Kier alpha value is -2.69. The van der Waals surface area contributed by atoms with Crippen LogP contribution in [0.3, 0.4) is 0 Å². The first kappa shape index (κ1) is 15.2. The van der Waals surface area contributed by atoms with Crippen molar-refractivity contribution in [3.8, 4) is 0 Å². The molecule has 2 heterocycles. The zero-order chi connectivity index (χ0) is 16.1. The lowest BCUT2D eigenvalue weighted by Gasteiger charge is -2.35. The molecule has 23 heavy (non-hydrogen) atoms. The first-order valence-electron chi connectivity index (χ1n) is 7.65. The van der Waals surface area contributed by atoms with Crippen LogP contribution in [0.5, 0.6) is 0 Å². The average molecular weight is 310 g/mol. The quantitative estimate of drug-likeness (QED) is 0.795. The lowest BCUT2D eigenvalue weighted by atomic mass is 9.97. The molecular formula is C18H18N2O3. The Balaban J connectivity index is 1.73. The number of amides is 1. The molecule has 5 heteroatoms. The molecule has 0 radical (unpaired) electrons. The van der Waals surface area contributed by atoms with Crippen LogP contribution in [0.2, 0.25) is 0 Å². The van der Waals surface area contributed by atoms with Crippen LogP contribution in [0.4, 0.5) is 0 Å². The summed E-state index contributed by atoms with van der Waals surface area (Å²) in [6.45, 7) is 0.968. The van der Waals surface area contributed by atoms with E-state index in [0.29, 0.717) is 25.9 Å². The Morgan fingerprint density at radius 1 is 1.30 bits per heavy atom. The van der Waals surface area contributed by atoms with Crippen molar-refractivity contribution < 1.29 is 14.3 Å². The number of fused-ring (bicyclic) bond motifs is 1. The standard InChI is InChI=1S/C18H18N2O3/c21-13-23-18-16-6-2-1-5-15(16)9-11-20(18)17(22)8-7-14-4-3-10-19-12-14/h1-6,10,12-13,18H,7-9,11H2. The second-order valence-corrected chi connectivity index (χ2v) is 5.48. The summed E-state index contributed by atoms with van der Waals surface area (Å²) in [5, 5.41) is 0. The maximum absolute atomic E-state index is 12.6. The summed E-state index contributed by atoms with van der Waals surface area (Å²) >= 11 is 0. The maximum atomic E-state index is 12.6. The van der Waals surface area contributed by atoms with Gasteiger partial charge < -0.3 is 9.64 Å². The van der Waals surface area contributed by atoms with E-state index >= 15 is 0 Å². The highest BCUT2D eigenvalue weighted by Gasteiger charge is 2.31. The molecular weight excluding hydrogens is 292 g/mol. The van der Waals surface area contributed by atoms with E-state index in [1.54, 1.807) is 17.3 Å². The van der Waals surface area contributed by atoms with Crippen molar-refractivity contribution in [2.75, 3.05) is 6.54 Å². The van der Waals surface area contributed by atoms with Crippen LogP contribution in [0.1, 0.15) is 29.3 Å². The Morgan fingerprint density at radius 3 is 2.96 bits per heavy atom. The minimum Gasteiger partial charge on any atom is -0.439 e. The van der Waals surface area contributed by atoms with Gasteiger partial charge in [0, 0.05) is 30.9 Å². The molecule has 1 amide bonds. The number of ether oxygens (including phenoxy) is 1. The number of carbonyl (C=O) groups is 2. The number of rotatable bonds is 5. The molecule has 118 valence electrons. The number of hydrogen-bond acceptors (Lipinski definition) is 4. The average Bonchev–Trinajstić information content (AvgIpc) is 2.61. The van der Waals surface area contributed by atoms with Gasteiger partial charge in [0.2, 0.25) is 12.1 Å². The van der Waals surface area contributed by atoms with Gasteiger partial charge in [-0.15, -0.1) is 0 Å². The van der Waals surface area contributed by atoms with Crippen molar-refractivity contribution in [2.24, 2.45) is 0 Å². The minimum absolute atomic E-state index is 0.0183. The Labute approximate surface area is 134 Å². The van der Waals surface area contributed by atoms with Gasteiger partial charge in [-0.2, -0.15) is 0 Å². The van der Waals surface area contributed by atoms with Gasteiger partial charge in [0.1, 0.15) is 0 Å². The number of carbonyl (C=O) groups excluding carboxylic acids is 2. The van der Waals surface area contributed by atoms with E-state index in [0.717, 1.165) is 23.1 Å². The van der Waals surface area contributed by atoms with E-state index in [-0.39, 0.29) is 5.91 Å². The van der Waals surface area contributed by atoms with E-state index in [1.165, 1.54) is 0 Å². The van der Waals surface area contributed by atoms with Crippen LogP contribution in [-0.4, -0.2) is 28.8 Å². The fourth-order valence-electron chi connectivity index (χ4n) is 2.92. The molecule has 0 saturated heterocycles. The topological polar surface area (TPSA) is 59.5 Å².